The van der Waals surface area contributed by atoms with Crippen LogP contribution in [0.15, 0.2) is 48.5 Å². The van der Waals surface area contributed by atoms with Crippen LogP contribution in [0.4, 0.5) is 0 Å². The van der Waals surface area contributed by atoms with Crippen LogP contribution in [0.2, 0.25) is 0 Å². The third-order valence-corrected chi connectivity index (χ3v) is 4.60. The average Bonchev–Trinajstić information content (AvgIpc) is 3.15. The van der Waals surface area contributed by atoms with E-state index in [9.17, 15) is 4.79 Å². The van der Waals surface area contributed by atoms with Crippen molar-refractivity contribution in [3.63, 3.8) is 0 Å². The highest BCUT2D eigenvalue weighted by Crippen LogP contribution is 2.32. The lowest BCUT2D eigenvalue weighted by Gasteiger charge is -2.33. The maximum atomic E-state index is 12.4. The quantitative estimate of drug-likeness (QED) is 0.891. The molecule has 1 amide bonds. The van der Waals surface area contributed by atoms with E-state index in [4.69, 9.17) is 14.2 Å². The third-order valence-electron chi connectivity index (χ3n) is 4.60. The van der Waals surface area contributed by atoms with Crippen LogP contribution < -0.4 is 14.8 Å². The number of carbonyl (C=O) groups excluding carboxylic acids is 1. The van der Waals surface area contributed by atoms with Crippen molar-refractivity contribution in [2.45, 2.75) is 12.6 Å². The lowest BCUT2D eigenvalue weighted by molar-refractivity contribution is -0.0292. The zero-order valence-electron chi connectivity index (χ0n) is 14.5. The summed E-state index contributed by atoms with van der Waals surface area (Å²) in [5.41, 5.74) is 1.85. The molecule has 1 unspecified atom stereocenters. The fraction of sp³-hybridized carbons (Fsp3) is 0.350. The monoisotopic (exact) mass is 354 g/mol. The highest BCUT2D eigenvalue weighted by atomic mass is 16.7. The molecule has 2 aliphatic rings. The smallest absolute Gasteiger partial charge is 0.251 e. The molecular formula is C20H22N2O4. The lowest BCUT2D eigenvalue weighted by atomic mass is 10.1. The Labute approximate surface area is 152 Å². The van der Waals surface area contributed by atoms with E-state index < -0.39 is 0 Å². The molecule has 0 aromatic heterocycles. The van der Waals surface area contributed by atoms with Gasteiger partial charge < -0.3 is 19.5 Å². The Bertz CT molecular complexity index is 766. The lowest BCUT2D eigenvalue weighted by Crippen LogP contribution is -2.47. The van der Waals surface area contributed by atoms with Gasteiger partial charge in [-0.05, 0) is 23.8 Å². The molecule has 1 saturated heterocycles. The number of carbonyl (C=O) groups is 1. The number of amides is 1. The molecule has 1 atom stereocenters. The predicted octanol–water partition coefficient (Wildman–Crippen LogP) is 2.05. The first kappa shape index (κ1) is 16.9. The molecule has 4 rings (SSSR count). The van der Waals surface area contributed by atoms with Crippen molar-refractivity contribution in [3.05, 3.63) is 59.7 Å². The van der Waals surface area contributed by atoms with Crippen LogP contribution in [0.3, 0.4) is 0 Å². The Morgan fingerprint density at radius 2 is 1.96 bits per heavy atom. The number of rotatable bonds is 5. The fourth-order valence-corrected chi connectivity index (χ4v) is 3.24. The maximum Gasteiger partial charge on any atom is 0.251 e. The van der Waals surface area contributed by atoms with Crippen LogP contribution in [0.5, 0.6) is 11.5 Å². The minimum Gasteiger partial charge on any atom is -0.454 e. The van der Waals surface area contributed by atoms with Crippen molar-refractivity contribution in [1.29, 1.82) is 0 Å². The Morgan fingerprint density at radius 3 is 2.85 bits per heavy atom. The van der Waals surface area contributed by atoms with E-state index in [1.165, 1.54) is 5.56 Å². The molecule has 0 saturated carbocycles. The van der Waals surface area contributed by atoms with Crippen LogP contribution in [0.25, 0.3) is 0 Å². The first-order valence-electron chi connectivity index (χ1n) is 8.84. The van der Waals surface area contributed by atoms with Crippen LogP contribution in [-0.4, -0.2) is 49.9 Å². The minimum atomic E-state index is -0.132. The first-order chi connectivity index (χ1) is 12.8. The summed E-state index contributed by atoms with van der Waals surface area (Å²) in [5, 5.41) is 2.96. The van der Waals surface area contributed by atoms with Gasteiger partial charge in [0.25, 0.3) is 5.91 Å². The van der Waals surface area contributed by atoms with Gasteiger partial charge in [-0.15, -0.1) is 0 Å². The van der Waals surface area contributed by atoms with Gasteiger partial charge in [0, 0.05) is 31.7 Å². The predicted molar refractivity (Wildman–Crippen MR) is 96.4 cm³/mol. The van der Waals surface area contributed by atoms with Gasteiger partial charge in [0.15, 0.2) is 11.5 Å². The Morgan fingerprint density at radius 1 is 1.12 bits per heavy atom. The molecule has 6 heteroatoms. The minimum absolute atomic E-state index is 0.00887. The second-order valence-corrected chi connectivity index (χ2v) is 6.49. The summed E-state index contributed by atoms with van der Waals surface area (Å²) in [4.78, 5) is 14.7. The zero-order valence-corrected chi connectivity index (χ0v) is 14.5. The average molecular weight is 354 g/mol. The molecule has 1 fully saturated rings. The van der Waals surface area contributed by atoms with E-state index in [0.717, 1.165) is 19.6 Å². The summed E-state index contributed by atoms with van der Waals surface area (Å²) in [5.74, 6) is 1.15. The molecule has 2 aliphatic heterocycles. The highest BCUT2D eigenvalue weighted by Gasteiger charge is 2.22. The second-order valence-electron chi connectivity index (χ2n) is 6.49. The maximum absolute atomic E-state index is 12.4. The van der Waals surface area contributed by atoms with E-state index in [0.29, 0.717) is 30.2 Å². The number of fused-ring (bicyclic) bond motifs is 1. The summed E-state index contributed by atoms with van der Waals surface area (Å²) in [7, 11) is 0. The number of hydrogen-bond donors (Lipinski definition) is 1. The highest BCUT2D eigenvalue weighted by molar-refractivity contribution is 5.94. The molecule has 0 spiro atoms. The van der Waals surface area contributed by atoms with Gasteiger partial charge in [-0.3, -0.25) is 9.69 Å². The molecule has 2 aromatic carbocycles. The van der Waals surface area contributed by atoms with Crippen molar-refractivity contribution in [2.24, 2.45) is 0 Å². The number of ether oxygens (including phenoxy) is 3. The first-order valence-corrected chi connectivity index (χ1v) is 8.84. The molecule has 2 aromatic rings. The standard InChI is InChI=1S/C20H22N2O4/c23-20(16-6-7-18-19(10-16)26-14-25-18)21-11-17-13-22(8-9-24-17)12-15-4-2-1-3-5-15/h1-7,10,17H,8-9,11-14H2,(H,21,23). The molecule has 136 valence electrons. The summed E-state index contributed by atoms with van der Waals surface area (Å²) in [6, 6.07) is 15.6. The summed E-state index contributed by atoms with van der Waals surface area (Å²) in [6.07, 6.45) is -0.00887. The van der Waals surface area contributed by atoms with Gasteiger partial charge in [0.1, 0.15) is 0 Å². The van der Waals surface area contributed by atoms with Gasteiger partial charge in [-0.25, -0.2) is 0 Å². The van der Waals surface area contributed by atoms with Crippen molar-refractivity contribution in [3.8, 4) is 11.5 Å². The van der Waals surface area contributed by atoms with Crippen LogP contribution >= 0.6 is 0 Å². The number of benzene rings is 2. The van der Waals surface area contributed by atoms with E-state index in [1.807, 2.05) is 6.07 Å². The fourth-order valence-electron chi connectivity index (χ4n) is 3.24. The van der Waals surface area contributed by atoms with Crippen LogP contribution in [-0.2, 0) is 11.3 Å². The van der Waals surface area contributed by atoms with Gasteiger partial charge in [-0.2, -0.15) is 0 Å². The van der Waals surface area contributed by atoms with Crippen molar-refractivity contribution in [1.82, 2.24) is 10.2 Å². The van der Waals surface area contributed by atoms with Gasteiger partial charge >= 0.3 is 0 Å². The number of nitrogens with one attached hydrogen (secondary N) is 1. The summed E-state index contributed by atoms with van der Waals surface area (Å²) < 4.78 is 16.4. The molecule has 0 radical (unpaired) electrons. The van der Waals surface area contributed by atoms with Crippen molar-refractivity contribution < 1.29 is 19.0 Å². The molecule has 0 bridgehead atoms. The second kappa shape index (κ2) is 7.76. The van der Waals surface area contributed by atoms with Gasteiger partial charge in [0.05, 0.1) is 12.7 Å². The topological polar surface area (TPSA) is 60.0 Å². The molecule has 26 heavy (non-hydrogen) atoms. The van der Waals surface area contributed by atoms with E-state index in [1.54, 1.807) is 18.2 Å². The SMILES string of the molecule is O=C(NCC1CN(Cc2ccccc2)CCO1)c1ccc2c(c1)OCO2. The Hall–Kier alpha value is -2.57. The third kappa shape index (κ3) is 3.98. The Kier molecular flexibility index (Phi) is 5.04. The number of hydrogen-bond acceptors (Lipinski definition) is 5. The molecule has 0 aliphatic carbocycles. The number of nitrogens with zero attached hydrogens (tertiary/aromatic N) is 1. The van der Waals surface area contributed by atoms with Gasteiger partial charge in [-0.1, -0.05) is 30.3 Å². The summed E-state index contributed by atoms with van der Waals surface area (Å²) >= 11 is 0. The van der Waals surface area contributed by atoms with E-state index in [2.05, 4.69) is 34.5 Å². The van der Waals surface area contributed by atoms with Crippen LogP contribution in [0.1, 0.15) is 15.9 Å². The molecular weight excluding hydrogens is 332 g/mol. The van der Waals surface area contributed by atoms with Crippen LogP contribution in [0, 0.1) is 0 Å². The number of morpholine rings is 1. The van der Waals surface area contributed by atoms with E-state index >= 15 is 0 Å². The van der Waals surface area contributed by atoms with Crippen molar-refractivity contribution >= 4 is 5.91 Å². The Balaban J connectivity index is 1.29. The van der Waals surface area contributed by atoms with Gasteiger partial charge in [0.2, 0.25) is 6.79 Å². The zero-order chi connectivity index (χ0) is 17.8. The largest absolute Gasteiger partial charge is 0.454 e. The molecule has 6 nitrogen and oxygen atoms in total. The normalized spacial score (nSPS) is 19.3. The summed E-state index contributed by atoms with van der Waals surface area (Å²) in [6.45, 7) is 3.97. The molecule has 2 heterocycles. The van der Waals surface area contributed by atoms with Crippen molar-refractivity contribution in [2.75, 3.05) is 33.0 Å². The molecule has 1 N–H and O–H groups in total. The van der Waals surface area contributed by atoms with E-state index in [-0.39, 0.29) is 18.8 Å².